The molecule has 0 heterocycles. The van der Waals surface area contributed by atoms with Gasteiger partial charge in [0.05, 0.1) is 0 Å². The van der Waals surface area contributed by atoms with Crippen molar-refractivity contribution in [1.82, 2.24) is 0 Å². The van der Waals surface area contributed by atoms with Gasteiger partial charge in [0.15, 0.2) is 0 Å². The van der Waals surface area contributed by atoms with Gasteiger partial charge in [-0.3, -0.25) is 0 Å². The first kappa shape index (κ1) is 25.1. The molecule has 0 radical (unpaired) electrons. The Bertz CT molecular complexity index is 1010. The minimum atomic E-state index is -2.12. The summed E-state index contributed by atoms with van der Waals surface area (Å²) in [6.45, 7) is 11.8. The molecule has 0 aromatic heterocycles. The van der Waals surface area contributed by atoms with Crippen molar-refractivity contribution in [3.63, 3.8) is 0 Å². The van der Waals surface area contributed by atoms with Gasteiger partial charge in [-0.15, -0.1) is 0 Å². The standard InChI is InChI=1S/2C13H15.C5H12Si.Hf/c2*1-3-10-8-12-7-5-6-11(4-2)13(12)9-10;1-2-3-4-5-6;/h2*5-9H,3-4H2,1-2H3;6H,2-5H2,1H3;. The zero-order chi connectivity index (χ0) is 23.4. The molecule has 0 fully saturated rings. The van der Waals surface area contributed by atoms with Crippen LogP contribution in [0.25, 0.3) is 12.2 Å². The van der Waals surface area contributed by atoms with Gasteiger partial charge in [0.25, 0.3) is 0 Å². The third kappa shape index (κ3) is 4.89. The topological polar surface area (TPSA) is 0 Å². The number of hydrogen-bond acceptors (Lipinski definition) is 0. The molecule has 33 heavy (non-hydrogen) atoms. The molecule has 2 unspecified atom stereocenters. The second kappa shape index (κ2) is 11.6. The predicted octanol–water partition coefficient (Wildman–Crippen LogP) is 8.79. The quantitative estimate of drug-likeness (QED) is 0.184. The molecule has 0 N–H and O–H groups in total. The normalized spacial score (nSPS) is 18.6. The summed E-state index contributed by atoms with van der Waals surface area (Å²) in [7, 11) is 0. The van der Waals surface area contributed by atoms with E-state index in [9.17, 15) is 0 Å². The van der Waals surface area contributed by atoms with Crippen LogP contribution < -0.4 is 0 Å². The van der Waals surface area contributed by atoms with Crippen molar-refractivity contribution in [2.75, 3.05) is 0 Å². The Morgan fingerprint density at radius 1 is 0.667 bits per heavy atom. The Kier molecular flexibility index (Phi) is 8.85. The van der Waals surface area contributed by atoms with Crippen molar-refractivity contribution in [2.24, 2.45) is 0 Å². The van der Waals surface area contributed by atoms with E-state index in [1.165, 1.54) is 38.1 Å². The van der Waals surface area contributed by atoms with E-state index in [1.54, 1.807) is 44.5 Å². The summed E-state index contributed by atoms with van der Waals surface area (Å²) < 4.78 is 1.63. The Morgan fingerprint density at radius 2 is 1.18 bits per heavy atom. The van der Waals surface area contributed by atoms with Crippen molar-refractivity contribution >= 4 is 18.4 Å². The maximum atomic E-state index is 2.64. The minimum absolute atomic E-state index is 0.604. The van der Waals surface area contributed by atoms with Gasteiger partial charge in [-0.05, 0) is 0 Å². The van der Waals surface area contributed by atoms with Crippen LogP contribution in [0.4, 0.5) is 0 Å². The van der Waals surface area contributed by atoms with Crippen LogP contribution in [-0.2, 0) is 32.9 Å². The number of rotatable bonds is 10. The third-order valence-corrected chi connectivity index (χ3v) is 32.4. The molecule has 2 aliphatic carbocycles. The van der Waals surface area contributed by atoms with Crippen LogP contribution in [0.15, 0.2) is 47.5 Å². The van der Waals surface area contributed by atoms with Gasteiger partial charge >= 0.3 is 212 Å². The molecule has 2 atom stereocenters. The molecular weight excluding hydrogens is 579 g/mol. The molecule has 0 bridgehead atoms. The molecule has 0 aliphatic heterocycles. The first-order valence-electron chi connectivity index (χ1n) is 13.5. The summed E-state index contributed by atoms with van der Waals surface area (Å²) >= 11 is -2.12. The van der Waals surface area contributed by atoms with Gasteiger partial charge < -0.3 is 0 Å². The van der Waals surface area contributed by atoms with E-state index < -0.39 is 20.1 Å². The zero-order valence-corrected chi connectivity index (χ0v) is 26.3. The summed E-state index contributed by atoms with van der Waals surface area (Å²) in [6, 6.07) is 16.0. The summed E-state index contributed by atoms with van der Waals surface area (Å²) in [5.41, 5.74) is 13.4. The molecule has 2 aromatic rings. The molecule has 0 nitrogen and oxygen atoms in total. The molecule has 2 aromatic carbocycles. The van der Waals surface area contributed by atoms with Crippen LogP contribution in [-0.4, -0.2) is 6.22 Å². The number of fused-ring (bicyclic) bond motifs is 2. The van der Waals surface area contributed by atoms with E-state index in [1.807, 2.05) is 0 Å². The molecule has 0 saturated carbocycles. The Balaban J connectivity index is 1.87. The van der Waals surface area contributed by atoms with E-state index >= 15 is 0 Å². The van der Waals surface area contributed by atoms with Gasteiger partial charge in [0.1, 0.15) is 0 Å². The maximum absolute atomic E-state index is 2.64. The van der Waals surface area contributed by atoms with Gasteiger partial charge in [0.2, 0.25) is 0 Å². The second-order valence-corrected chi connectivity index (χ2v) is 28.3. The number of aryl methyl sites for hydroxylation is 2. The molecule has 0 spiro atoms. The molecule has 2 aliphatic rings. The average Bonchev–Trinajstić information content (AvgIpc) is 3.42. The molecular formula is C31H42HfSi. The van der Waals surface area contributed by atoms with Gasteiger partial charge in [-0.2, -0.15) is 0 Å². The van der Waals surface area contributed by atoms with E-state index in [0.717, 1.165) is 20.2 Å². The monoisotopic (exact) mass is 622 g/mol. The summed E-state index contributed by atoms with van der Waals surface area (Å²) in [5.74, 6) is 0. The van der Waals surface area contributed by atoms with Crippen LogP contribution in [0.3, 0.4) is 0 Å². The summed E-state index contributed by atoms with van der Waals surface area (Å²) in [6.07, 6.45) is 14.9. The SMILES string of the molecule is CCCCC[SiH]=[Hf]([CH]1C(CC)=Cc2c(CC)cccc21)[CH]1C(CC)=Cc2c(CC)cccc21. The van der Waals surface area contributed by atoms with Crippen molar-refractivity contribution in [2.45, 2.75) is 93.0 Å². The predicted molar refractivity (Wildman–Crippen MR) is 145 cm³/mol. The van der Waals surface area contributed by atoms with Crippen molar-refractivity contribution in [3.05, 3.63) is 80.9 Å². The molecule has 4 rings (SSSR count). The van der Waals surface area contributed by atoms with Gasteiger partial charge in [0, 0.05) is 0 Å². The first-order valence-corrected chi connectivity index (χ1v) is 25.3. The molecule has 174 valence electrons. The van der Waals surface area contributed by atoms with Gasteiger partial charge in [-0.1, -0.05) is 0 Å². The second-order valence-electron chi connectivity index (χ2n) is 9.76. The summed E-state index contributed by atoms with van der Waals surface area (Å²) in [5, 5.41) is 0. The van der Waals surface area contributed by atoms with E-state index in [0.29, 0.717) is 6.22 Å². The Hall–Kier alpha value is -0.993. The van der Waals surface area contributed by atoms with Crippen molar-refractivity contribution in [1.29, 1.82) is 0 Å². The number of hydrogen-bond donors (Lipinski definition) is 0. The van der Waals surface area contributed by atoms with Crippen LogP contribution in [0.2, 0.25) is 6.04 Å². The van der Waals surface area contributed by atoms with Gasteiger partial charge in [-0.25, -0.2) is 0 Å². The molecule has 0 amide bonds. The van der Waals surface area contributed by atoms with E-state index in [-0.39, 0.29) is 0 Å². The first-order chi connectivity index (χ1) is 16.2. The van der Waals surface area contributed by atoms with Crippen molar-refractivity contribution in [3.8, 4) is 0 Å². The van der Waals surface area contributed by atoms with Crippen molar-refractivity contribution < 1.29 is 20.1 Å². The third-order valence-electron chi connectivity index (χ3n) is 7.92. The van der Waals surface area contributed by atoms with Crippen LogP contribution in [0.5, 0.6) is 0 Å². The fourth-order valence-corrected chi connectivity index (χ4v) is 35.5. The van der Waals surface area contributed by atoms with E-state index in [4.69, 9.17) is 0 Å². The van der Waals surface area contributed by atoms with Crippen LogP contribution in [0, 0.1) is 0 Å². The Labute approximate surface area is 211 Å². The fourth-order valence-electron chi connectivity index (χ4n) is 6.14. The molecule has 0 saturated heterocycles. The molecule has 2 heteroatoms. The van der Waals surface area contributed by atoms with Crippen LogP contribution in [0.1, 0.15) is 107 Å². The fraction of sp³-hybridized carbons (Fsp3) is 0.484. The zero-order valence-electron chi connectivity index (χ0n) is 21.5. The van der Waals surface area contributed by atoms with Crippen LogP contribution >= 0.6 is 0 Å². The average molecular weight is 621 g/mol. The number of unbranched alkanes of at least 4 members (excludes halogenated alkanes) is 2. The number of benzene rings is 2. The van der Waals surface area contributed by atoms with E-state index in [2.05, 4.69) is 83.2 Å². The Morgan fingerprint density at radius 3 is 1.61 bits per heavy atom. The number of allylic oxidation sites excluding steroid dienone is 2. The summed E-state index contributed by atoms with van der Waals surface area (Å²) in [4.78, 5) is 0.